The van der Waals surface area contributed by atoms with Gasteiger partial charge in [-0.1, -0.05) is 6.08 Å². The first-order valence-corrected chi connectivity index (χ1v) is 9.29. The zero-order valence-electron chi connectivity index (χ0n) is 14.8. The van der Waals surface area contributed by atoms with Crippen LogP contribution in [-0.2, 0) is 17.9 Å². The fourth-order valence-corrected chi connectivity index (χ4v) is 3.68. The first-order chi connectivity index (χ1) is 12.8. The molecule has 0 saturated heterocycles. The topological polar surface area (TPSA) is 75.9 Å². The number of hydrogen-bond donors (Lipinski definition) is 1. The van der Waals surface area contributed by atoms with Crippen molar-refractivity contribution in [2.75, 3.05) is 18.4 Å². The number of carbonyl (C=O) groups excluding carboxylic acids is 1. The molecule has 3 heterocycles. The average molecular weight is 352 g/mol. The van der Waals surface area contributed by atoms with Crippen molar-refractivity contribution in [2.24, 2.45) is 5.92 Å². The van der Waals surface area contributed by atoms with Crippen LogP contribution in [0.2, 0.25) is 0 Å². The molecular formula is C19H24N6O. The SMILES string of the molecule is O=C(C1=CCCCC1)N1Cc2ccnn2CC(CNc2ncccn2)C1. The molecule has 0 saturated carbocycles. The summed E-state index contributed by atoms with van der Waals surface area (Å²) in [6.45, 7) is 2.81. The van der Waals surface area contributed by atoms with E-state index in [9.17, 15) is 4.79 Å². The largest absolute Gasteiger partial charge is 0.354 e. The molecule has 7 heteroatoms. The van der Waals surface area contributed by atoms with Crippen LogP contribution in [0, 0.1) is 5.92 Å². The van der Waals surface area contributed by atoms with Gasteiger partial charge < -0.3 is 10.2 Å². The van der Waals surface area contributed by atoms with Gasteiger partial charge in [-0.05, 0) is 37.8 Å². The summed E-state index contributed by atoms with van der Waals surface area (Å²) in [6.07, 6.45) is 11.6. The van der Waals surface area contributed by atoms with Gasteiger partial charge in [-0.25, -0.2) is 9.97 Å². The second-order valence-corrected chi connectivity index (χ2v) is 6.98. The van der Waals surface area contributed by atoms with Crippen LogP contribution in [0.5, 0.6) is 0 Å². The summed E-state index contributed by atoms with van der Waals surface area (Å²) < 4.78 is 2.01. The fraction of sp³-hybridized carbons (Fsp3) is 0.474. The number of aromatic nitrogens is 4. The molecule has 2 aliphatic rings. The van der Waals surface area contributed by atoms with Crippen LogP contribution in [0.3, 0.4) is 0 Å². The number of fused-ring (bicyclic) bond motifs is 1. The molecule has 2 aromatic heterocycles. The number of allylic oxidation sites excluding steroid dienone is 1. The summed E-state index contributed by atoms with van der Waals surface area (Å²) in [6, 6.07) is 3.80. The van der Waals surface area contributed by atoms with Crippen LogP contribution in [0.4, 0.5) is 5.95 Å². The number of hydrogen-bond acceptors (Lipinski definition) is 5. The normalized spacial score (nSPS) is 20.1. The highest BCUT2D eigenvalue weighted by Crippen LogP contribution is 2.23. The van der Waals surface area contributed by atoms with Crippen LogP contribution < -0.4 is 5.32 Å². The van der Waals surface area contributed by atoms with E-state index in [4.69, 9.17) is 0 Å². The predicted octanol–water partition coefficient (Wildman–Crippen LogP) is 2.24. The van der Waals surface area contributed by atoms with Gasteiger partial charge in [0.15, 0.2) is 0 Å². The van der Waals surface area contributed by atoms with E-state index in [0.717, 1.165) is 37.1 Å². The zero-order valence-corrected chi connectivity index (χ0v) is 14.8. The maximum absolute atomic E-state index is 13.0. The summed E-state index contributed by atoms with van der Waals surface area (Å²) in [4.78, 5) is 23.5. The quantitative estimate of drug-likeness (QED) is 0.913. The number of amides is 1. The number of carbonyl (C=O) groups is 1. The highest BCUT2D eigenvalue weighted by Gasteiger charge is 2.27. The van der Waals surface area contributed by atoms with Crippen molar-refractivity contribution in [3.05, 3.63) is 48.1 Å². The summed E-state index contributed by atoms with van der Waals surface area (Å²) in [5, 5.41) is 7.72. The lowest BCUT2D eigenvalue weighted by Gasteiger charge is -2.26. The monoisotopic (exact) mass is 352 g/mol. The molecule has 26 heavy (non-hydrogen) atoms. The average Bonchev–Trinajstić information content (AvgIpc) is 3.05. The van der Waals surface area contributed by atoms with Gasteiger partial charge in [0, 0.05) is 49.7 Å². The maximum Gasteiger partial charge on any atom is 0.249 e. The van der Waals surface area contributed by atoms with E-state index in [2.05, 4.69) is 26.5 Å². The Bertz CT molecular complexity index is 784. The standard InChI is InChI=1S/C19H24N6O/c26-18(16-5-2-1-3-6-16)24-12-15(11-22-19-20-8-4-9-21-19)13-25-17(14-24)7-10-23-25/h4-5,7-10,15H,1-3,6,11-14H2,(H,20,21,22). The molecule has 4 rings (SSSR count). The highest BCUT2D eigenvalue weighted by atomic mass is 16.2. The van der Waals surface area contributed by atoms with Gasteiger partial charge in [0.25, 0.3) is 0 Å². The van der Waals surface area contributed by atoms with Crippen molar-refractivity contribution in [2.45, 2.75) is 38.8 Å². The van der Waals surface area contributed by atoms with Gasteiger partial charge in [-0.2, -0.15) is 5.10 Å². The summed E-state index contributed by atoms with van der Waals surface area (Å²) in [5.41, 5.74) is 2.07. The van der Waals surface area contributed by atoms with E-state index in [1.807, 2.05) is 21.8 Å². The van der Waals surface area contributed by atoms with Gasteiger partial charge in [-0.15, -0.1) is 0 Å². The van der Waals surface area contributed by atoms with E-state index in [0.29, 0.717) is 25.6 Å². The van der Waals surface area contributed by atoms with Crippen molar-refractivity contribution in [3.8, 4) is 0 Å². The first kappa shape index (κ1) is 16.8. The third-order valence-corrected chi connectivity index (χ3v) is 5.03. The molecule has 136 valence electrons. The Morgan fingerprint density at radius 2 is 2.08 bits per heavy atom. The molecule has 1 atom stereocenters. The van der Waals surface area contributed by atoms with E-state index in [1.54, 1.807) is 18.5 Å². The molecule has 2 aromatic rings. The molecule has 0 bridgehead atoms. The Labute approximate surface area is 153 Å². The van der Waals surface area contributed by atoms with Crippen molar-refractivity contribution in [1.82, 2.24) is 24.6 Å². The first-order valence-electron chi connectivity index (χ1n) is 9.29. The molecule has 0 fully saturated rings. The van der Waals surface area contributed by atoms with Crippen molar-refractivity contribution in [1.29, 1.82) is 0 Å². The van der Waals surface area contributed by atoms with Crippen LogP contribution in [0.25, 0.3) is 0 Å². The summed E-state index contributed by atoms with van der Waals surface area (Å²) in [7, 11) is 0. The van der Waals surface area contributed by atoms with Crippen LogP contribution in [0.1, 0.15) is 31.4 Å². The minimum atomic E-state index is 0.181. The predicted molar refractivity (Wildman–Crippen MR) is 98.2 cm³/mol. The lowest BCUT2D eigenvalue weighted by Crippen LogP contribution is -2.37. The Morgan fingerprint density at radius 3 is 2.88 bits per heavy atom. The van der Waals surface area contributed by atoms with Crippen LogP contribution >= 0.6 is 0 Å². The second kappa shape index (κ2) is 7.68. The number of rotatable bonds is 4. The van der Waals surface area contributed by atoms with Gasteiger partial charge in [-0.3, -0.25) is 9.48 Å². The summed E-state index contributed by atoms with van der Waals surface area (Å²) >= 11 is 0. The zero-order chi connectivity index (χ0) is 17.8. The van der Waals surface area contributed by atoms with Crippen molar-refractivity contribution >= 4 is 11.9 Å². The number of nitrogens with zero attached hydrogens (tertiary/aromatic N) is 5. The molecule has 7 nitrogen and oxygen atoms in total. The third kappa shape index (κ3) is 3.76. The Hall–Kier alpha value is -2.70. The molecule has 1 aliphatic heterocycles. The van der Waals surface area contributed by atoms with Gasteiger partial charge >= 0.3 is 0 Å². The van der Waals surface area contributed by atoms with Crippen molar-refractivity contribution in [3.63, 3.8) is 0 Å². The lowest BCUT2D eigenvalue weighted by atomic mass is 9.98. The fourth-order valence-electron chi connectivity index (χ4n) is 3.68. The van der Waals surface area contributed by atoms with Gasteiger partial charge in [0.1, 0.15) is 0 Å². The second-order valence-electron chi connectivity index (χ2n) is 6.98. The maximum atomic E-state index is 13.0. The van der Waals surface area contributed by atoms with E-state index < -0.39 is 0 Å². The summed E-state index contributed by atoms with van der Waals surface area (Å²) in [5.74, 6) is 1.04. The molecule has 1 N–H and O–H groups in total. The molecule has 1 aliphatic carbocycles. The van der Waals surface area contributed by atoms with Crippen LogP contribution in [0.15, 0.2) is 42.4 Å². The minimum absolute atomic E-state index is 0.181. The van der Waals surface area contributed by atoms with Crippen LogP contribution in [-0.4, -0.2) is 43.6 Å². The van der Waals surface area contributed by atoms with Gasteiger partial charge in [0.05, 0.1) is 12.2 Å². The molecule has 1 unspecified atom stereocenters. The minimum Gasteiger partial charge on any atom is -0.354 e. The molecule has 0 spiro atoms. The number of anilines is 1. The van der Waals surface area contributed by atoms with E-state index in [1.165, 1.54) is 6.42 Å². The van der Waals surface area contributed by atoms with E-state index >= 15 is 0 Å². The Morgan fingerprint density at radius 1 is 1.19 bits per heavy atom. The number of nitrogens with one attached hydrogen (secondary N) is 1. The molecule has 0 radical (unpaired) electrons. The molecule has 0 aromatic carbocycles. The third-order valence-electron chi connectivity index (χ3n) is 5.03. The van der Waals surface area contributed by atoms with Gasteiger partial charge in [0.2, 0.25) is 11.9 Å². The molecule has 1 amide bonds. The smallest absolute Gasteiger partial charge is 0.249 e. The van der Waals surface area contributed by atoms with E-state index in [-0.39, 0.29) is 11.8 Å². The highest BCUT2D eigenvalue weighted by molar-refractivity contribution is 5.93. The lowest BCUT2D eigenvalue weighted by molar-refractivity contribution is -0.128. The van der Waals surface area contributed by atoms with Crippen molar-refractivity contribution < 1.29 is 4.79 Å². The Balaban J connectivity index is 1.49. The molecular weight excluding hydrogens is 328 g/mol. The Kier molecular flexibility index (Phi) is 4.95.